The molecule has 0 heterocycles. The van der Waals surface area contributed by atoms with Crippen LogP contribution in [0.5, 0.6) is 0 Å². The molecule has 0 saturated carbocycles. The van der Waals surface area contributed by atoms with E-state index in [0.717, 1.165) is 36.4 Å². The lowest BCUT2D eigenvalue weighted by molar-refractivity contribution is -0.115. The summed E-state index contributed by atoms with van der Waals surface area (Å²) in [4.78, 5) is 13.9. The average molecular weight is 344 g/mol. The van der Waals surface area contributed by atoms with Gasteiger partial charge in [-0.05, 0) is 31.3 Å². The van der Waals surface area contributed by atoms with Crippen molar-refractivity contribution in [2.75, 3.05) is 52.3 Å². The SMILES string of the molecule is COCCN(C)CCNCC(=O)Nc1ccc(Br)cc1. The van der Waals surface area contributed by atoms with Crippen LogP contribution in [0.4, 0.5) is 5.69 Å². The van der Waals surface area contributed by atoms with Gasteiger partial charge in [-0.25, -0.2) is 0 Å². The molecule has 0 bridgehead atoms. The number of hydrogen-bond acceptors (Lipinski definition) is 4. The molecule has 5 nitrogen and oxygen atoms in total. The third-order valence-electron chi connectivity index (χ3n) is 2.76. The van der Waals surface area contributed by atoms with E-state index in [-0.39, 0.29) is 5.91 Å². The van der Waals surface area contributed by atoms with Gasteiger partial charge in [-0.3, -0.25) is 4.79 Å². The summed E-state index contributed by atoms with van der Waals surface area (Å²) in [6, 6.07) is 7.52. The Balaban J connectivity index is 2.12. The number of anilines is 1. The van der Waals surface area contributed by atoms with Gasteiger partial charge >= 0.3 is 0 Å². The smallest absolute Gasteiger partial charge is 0.238 e. The fourth-order valence-electron chi connectivity index (χ4n) is 1.57. The van der Waals surface area contributed by atoms with Crippen molar-refractivity contribution in [1.29, 1.82) is 0 Å². The Morgan fingerprint density at radius 3 is 2.65 bits per heavy atom. The number of methoxy groups -OCH3 is 1. The number of nitrogens with one attached hydrogen (secondary N) is 2. The first-order valence-corrected chi connectivity index (χ1v) is 7.34. The average Bonchev–Trinajstić information content (AvgIpc) is 2.44. The molecule has 1 aromatic rings. The van der Waals surface area contributed by atoms with E-state index in [1.807, 2.05) is 31.3 Å². The molecule has 0 fully saturated rings. The molecule has 0 aliphatic carbocycles. The number of amides is 1. The lowest BCUT2D eigenvalue weighted by Gasteiger charge is -2.16. The summed E-state index contributed by atoms with van der Waals surface area (Å²) in [5, 5.41) is 5.96. The monoisotopic (exact) mass is 343 g/mol. The minimum Gasteiger partial charge on any atom is -0.383 e. The van der Waals surface area contributed by atoms with Crippen LogP contribution in [0.1, 0.15) is 0 Å². The lowest BCUT2D eigenvalue weighted by Crippen LogP contribution is -2.35. The first-order chi connectivity index (χ1) is 9.61. The molecule has 20 heavy (non-hydrogen) atoms. The Bertz CT molecular complexity index is 398. The summed E-state index contributed by atoms with van der Waals surface area (Å²) in [7, 11) is 3.72. The van der Waals surface area contributed by atoms with Crippen LogP contribution in [-0.4, -0.2) is 57.8 Å². The molecule has 0 atom stereocenters. The van der Waals surface area contributed by atoms with Gasteiger partial charge in [-0.2, -0.15) is 0 Å². The normalized spacial score (nSPS) is 10.8. The molecule has 1 aromatic carbocycles. The summed E-state index contributed by atoms with van der Waals surface area (Å²) < 4.78 is 6.00. The van der Waals surface area contributed by atoms with Gasteiger partial charge in [0.2, 0.25) is 5.91 Å². The Kier molecular flexibility index (Phi) is 8.45. The standard InChI is InChI=1S/C14H22BrN3O2/c1-18(9-10-20-2)8-7-16-11-14(19)17-13-5-3-12(15)4-6-13/h3-6,16H,7-11H2,1-2H3,(H,17,19). The van der Waals surface area contributed by atoms with Crippen molar-refractivity contribution in [2.45, 2.75) is 0 Å². The van der Waals surface area contributed by atoms with E-state index in [4.69, 9.17) is 4.74 Å². The maximum absolute atomic E-state index is 11.7. The summed E-state index contributed by atoms with van der Waals surface area (Å²) in [6.45, 7) is 3.58. The van der Waals surface area contributed by atoms with Crippen LogP contribution in [0, 0.1) is 0 Å². The van der Waals surface area contributed by atoms with E-state index >= 15 is 0 Å². The van der Waals surface area contributed by atoms with E-state index < -0.39 is 0 Å². The number of carbonyl (C=O) groups is 1. The van der Waals surface area contributed by atoms with Crippen molar-refractivity contribution in [1.82, 2.24) is 10.2 Å². The number of hydrogen-bond donors (Lipinski definition) is 2. The summed E-state index contributed by atoms with van der Waals surface area (Å²) >= 11 is 3.36. The molecule has 0 unspecified atom stereocenters. The quantitative estimate of drug-likeness (QED) is 0.668. The van der Waals surface area contributed by atoms with Crippen molar-refractivity contribution in [3.05, 3.63) is 28.7 Å². The highest BCUT2D eigenvalue weighted by molar-refractivity contribution is 9.10. The van der Waals surface area contributed by atoms with Crippen LogP contribution in [0.25, 0.3) is 0 Å². The van der Waals surface area contributed by atoms with E-state index in [1.54, 1.807) is 7.11 Å². The van der Waals surface area contributed by atoms with Gasteiger partial charge in [-0.1, -0.05) is 15.9 Å². The predicted molar refractivity (Wildman–Crippen MR) is 85.0 cm³/mol. The van der Waals surface area contributed by atoms with Crippen LogP contribution < -0.4 is 10.6 Å². The molecule has 0 radical (unpaired) electrons. The zero-order valence-electron chi connectivity index (χ0n) is 12.0. The molecular weight excluding hydrogens is 322 g/mol. The number of rotatable bonds is 9. The van der Waals surface area contributed by atoms with Gasteiger partial charge in [0.15, 0.2) is 0 Å². The van der Waals surface area contributed by atoms with Crippen LogP contribution in [-0.2, 0) is 9.53 Å². The van der Waals surface area contributed by atoms with Crippen LogP contribution in [0.3, 0.4) is 0 Å². The first kappa shape index (κ1) is 17.1. The molecule has 1 rings (SSSR count). The molecule has 0 spiro atoms. The zero-order valence-corrected chi connectivity index (χ0v) is 13.6. The third-order valence-corrected chi connectivity index (χ3v) is 3.29. The van der Waals surface area contributed by atoms with Crippen LogP contribution in [0.15, 0.2) is 28.7 Å². The number of halogens is 1. The maximum Gasteiger partial charge on any atom is 0.238 e. The highest BCUT2D eigenvalue weighted by Gasteiger charge is 2.02. The van der Waals surface area contributed by atoms with Crippen molar-refractivity contribution < 1.29 is 9.53 Å². The predicted octanol–water partition coefficient (Wildman–Crippen LogP) is 1.56. The van der Waals surface area contributed by atoms with Crippen molar-refractivity contribution in [3.8, 4) is 0 Å². The summed E-state index contributed by atoms with van der Waals surface area (Å²) in [6.07, 6.45) is 0. The van der Waals surface area contributed by atoms with Crippen LogP contribution >= 0.6 is 15.9 Å². The number of ether oxygens (including phenoxy) is 1. The minimum atomic E-state index is -0.0353. The minimum absolute atomic E-state index is 0.0353. The zero-order chi connectivity index (χ0) is 14.8. The second-order valence-corrected chi connectivity index (χ2v) is 5.44. The largest absolute Gasteiger partial charge is 0.383 e. The molecule has 0 saturated heterocycles. The molecular formula is C14H22BrN3O2. The molecule has 112 valence electrons. The van der Waals surface area contributed by atoms with Gasteiger partial charge in [-0.15, -0.1) is 0 Å². The van der Waals surface area contributed by atoms with Crippen LogP contribution in [0.2, 0.25) is 0 Å². The summed E-state index contributed by atoms with van der Waals surface area (Å²) in [5.74, 6) is -0.0353. The second kappa shape index (κ2) is 9.88. The second-order valence-electron chi connectivity index (χ2n) is 4.53. The third kappa shape index (κ3) is 7.59. The summed E-state index contributed by atoms with van der Waals surface area (Å²) in [5.41, 5.74) is 0.803. The van der Waals surface area contributed by atoms with E-state index in [2.05, 4.69) is 31.5 Å². The molecule has 6 heteroatoms. The maximum atomic E-state index is 11.7. The Hall–Kier alpha value is -0.950. The molecule has 0 aliphatic rings. The van der Waals surface area contributed by atoms with E-state index in [0.29, 0.717) is 6.54 Å². The van der Waals surface area contributed by atoms with Crippen molar-refractivity contribution in [3.63, 3.8) is 0 Å². The highest BCUT2D eigenvalue weighted by Crippen LogP contribution is 2.13. The van der Waals surface area contributed by atoms with Crippen molar-refractivity contribution >= 4 is 27.5 Å². The number of carbonyl (C=O) groups excluding carboxylic acids is 1. The molecule has 0 aliphatic heterocycles. The molecule has 0 aromatic heterocycles. The van der Waals surface area contributed by atoms with E-state index in [1.165, 1.54) is 0 Å². The lowest BCUT2D eigenvalue weighted by atomic mass is 10.3. The topological polar surface area (TPSA) is 53.6 Å². The van der Waals surface area contributed by atoms with Crippen molar-refractivity contribution in [2.24, 2.45) is 0 Å². The molecule has 1 amide bonds. The van der Waals surface area contributed by atoms with Gasteiger partial charge in [0.05, 0.1) is 13.2 Å². The number of likely N-dealkylation sites (N-methyl/N-ethyl adjacent to an activating group) is 1. The Morgan fingerprint density at radius 1 is 1.30 bits per heavy atom. The van der Waals surface area contributed by atoms with E-state index in [9.17, 15) is 4.79 Å². The van der Waals surface area contributed by atoms with Gasteiger partial charge in [0, 0.05) is 36.9 Å². The Labute approximate surface area is 128 Å². The van der Waals surface area contributed by atoms with Gasteiger partial charge in [0.25, 0.3) is 0 Å². The first-order valence-electron chi connectivity index (χ1n) is 6.55. The Morgan fingerprint density at radius 2 is 2.00 bits per heavy atom. The van der Waals surface area contributed by atoms with Gasteiger partial charge < -0.3 is 20.3 Å². The number of benzene rings is 1. The highest BCUT2D eigenvalue weighted by atomic mass is 79.9. The van der Waals surface area contributed by atoms with Gasteiger partial charge in [0.1, 0.15) is 0 Å². The number of nitrogens with zero attached hydrogens (tertiary/aromatic N) is 1. The molecule has 2 N–H and O–H groups in total. The fraction of sp³-hybridized carbons (Fsp3) is 0.500. The fourth-order valence-corrected chi connectivity index (χ4v) is 1.83.